The molecule has 0 fully saturated rings. The Balaban J connectivity index is 1.76. The van der Waals surface area contributed by atoms with E-state index in [9.17, 15) is 0 Å². The van der Waals surface area contributed by atoms with Gasteiger partial charge in [0.25, 0.3) is 0 Å². The van der Waals surface area contributed by atoms with Gasteiger partial charge in [0, 0.05) is 17.7 Å². The lowest BCUT2D eigenvalue weighted by Crippen LogP contribution is -2.07. The Hall–Kier alpha value is -2.16. The highest BCUT2D eigenvalue weighted by molar-refractivity contribution is 5.53. The van der Waals surface area contributed by atoms with Crippen molar-refractivity contribution in [3.05, 3.63) is 53.6 Å². The molecule has 0 aliphatic heterocycles. The van der Waals surface area contributed by atoms with Crippen molar-refractivity contribution in [1.82, 2.24) is 0 Å². The van der Waals surface area contributed by atoms with Crippen LogP contribution >= 0.6 is 0 Å². The number of nitrogen functional groups attached to an aromatic ring is 1. The first-order chi connectivity index (χ1) is 10.2. The van der Waals surface area contributed by atoms with Crippen molar-refractivity contribution in [2.45, 2.75) is 26.7 Å². The SMILES string of the molecule is CCc1ccccc1OCCCOc1cccc(N)c1C. The Morgan fingerprint density at radius 1 is 0.905 bits per heavy atom. The summed E-state index contributed by atoms with van der Waals surface area (Å²) in [6.45, 7) is 5.38. The minimum absolute atomic E-state index is 0.624. The number of hydrogen-bond acceptors (Lipinski definition) is 3. The second-order valence-electron chi connectivity index (χ2n) is 4.98. The van der Waals surface area contributed by atoms with Gasteiger partial charge in [-0.2, -0.15) is 0 Å². The molecule has 3 nitrogen and oxygen atoms in total. The Labute approximate surface area is 126 Å². The summed E-state index contributed by atoms with van der Waals surface area (Å²) in [5.74, 6) is 1.82. The van der Waals surface area contributed by atoms with Crippen molar-refractivity contribution < 1.29 is 9.47 Å². The summed E-state index contributed by atoms with van der Waals surface area (Å²) in [7, 11) is 0. The van der Waals surface area contributed by atoms with Crippen LogP contribution in [0.1, 0.15) is 24.5 Å². The van der Waals surface area contributed by atoms with Gasteiger partial charge in [-0.25, -0.2) is 0 Å². The maximum atomic E-state index is 5.85. The van der Waals surface area contributed by atoms with Gasteiger partial charge in [-0.1, -0.05) is 31.2 Å². The summed E-state index contributed by atoms with van der Waals surface area (Å²) in [6.07, 6.45) is 1.82. The first-order valence-corrected chi connectivity index (χ1v) is 7.41. The maximum Gasteiger partial charge on any atom is 0.124 e. The van der Waals surface area contributed by atoms with Crippen LogP contribution in [0.3, 0.4) is 0 Å². The highest BCUT2D eigenvalue weighted by atomic mass is 16.5. The van der Waals surface area contributed by atoms with Crippen LogP contribution in [0, 0.1) is 6.92 Å². The van der Waals surface area contributed by atoms with E-state index in [1.807, 2.05) is 43.3 Å². The predicted octanol–water partition coefficient (Wildman–Crippen LogP) is 3.99. The van der Waals surface area contributed by atoms with Crippen LogP contribution in [0.25, 0.3) is 0 Å². The second kappa shape index (κ2) is 7.58. The summed E-state index contributed by atoms with van der Waals surface area (Å²) in [5, 5.41) is 0. The van der Waals surface area contributed by atoms with E-state index < -0.39 is 0 Å². The lowest BCUT2D eigenvalue weighted by Gasteiger charge is -2.12. The molecule has 2 rings (SSSR count). The van der Waals surface area contributed by atoms with Crippen LogP contribution in [0.5, 0.6) is 11.5 Å². The normalized spacial score (nSPS) is 10.4. The number of anilines is 1. The van der Waals surface area contributed by atoms with Gasteiger partial charge in [0.05, 0.1) is 13.2 Å². The highest BCUT2D eigenvalue weighted by Crippen LogP contribution is 2.23. The number of aryl methyl sites for hydroxylation is 1. The van der Waals surface area contributed by atoms with Crippen molar-refractivity contribution in [3.63, 3.8) is 0 Å². The van der Waals surface area contributed by atoms with Crippen molar-refractivity contribution in [1.29, 1.82) is 0 Å². The van der Waals surface area contributed by atoms with Gasteiger partial charge in [-0.3, -0.25) is 0 Å². The summed E-state index contributed by atoms with van der Waals surface area (Å²) < 4.78 is 11.6. The van der Waals surface area contributed by atoms with Crippen LogP contribution in [-0.4, -0.2) is 13.2 Å². The lowest BCUT2D eigenvalue weighted by atomic mass is 10.1. The molecule has 0 aliphatic rings. The molecule has 0 saturated heterocycles. The zero-order valence-electron chi connectivity index (χ0n) is 12.8. The van der Waals surface area contributed by atoms with E-state index in [4.69, 9.17) is 15.2 Å². The molecule has 0 spiro atoms. The van der Waals surface area contributed by atoms with Crippen LogP contribution in [0.15, 0.2) is 42.5 Å². The average Bonchev–Trinajstić information content (AvgIpc) is 2.51. The van der Waals surface area contributed by atoms with E-state index in [0.29, 0.717) is 13.2 Å². The van der Waals surface area contributed by atoms with Crippen LogP contribution in [-0.2, 0) is 6.42 Å². The van der Waals surface area contributed by atoms with Gasteiger partial charge in [0.15, 0.2) is 0 Å². The van der Waals surface area contributed by atoms with Gasteiger partial charge in [-0.15, -0.1) is 0 Å². The van der Waals surface area contributed by atoms with Crippen molar-refractivity contribution in [3.8, 4) is 11.5 Å². The van der Waals surface area contributed by atoms with Gasteiger partial charge in [0.1, 0.15) is 11.5 Å². The summed E-state index contributed by atoms with van der Waals surface area (Å²) in [5.41, 5.74) is 8.85. The number of nitrogens with two attached hydrogens (primary N) is 1. The smallest absolute Gasteiger partial charge is 0.124 e. The standard InChI is InChI=1S/C18H23NO2/c1-3-15-8-4-5-10-18(15)21-13-7-12-20-17-11-6-9-16(19)14(17)2/h4-6,8-11H,3,7,12-13,19H2,1-2H3. The zero-order valence-corrected chi connectivity index (χ0v) is 12.8. The highest BCUT2D eigenvalue weighted by Gasteiger charge is 2.03. The fourth-order valence-corrected chi connectivity index (χ4v) is 2.15. The fourth-order valence-electron chi connectivity index (χ4n) is 2.15. The van der Waals surface area contributed by atoms with Gasteiger partial charge >= 0.3 is 0 Å². The summed E-state index contributed by atoms with van der Waals surface area (Å²) in [6, 6.07) is 13.9. The third-order valence-corrected chi connectivity index (χ3v) is 3.48. The van der Waals surface area contributed by atoms with Gasteiger partial charge in [0.2, 0.25) is 0 Å². The number of benzene rings is 2. The first-order valence-electron chi connectivity index (χ1n) is 7.41. The van der Waals surface area contributed by atoms with Gasteiger partial charge < -0.3 is 15.2 Å². The number of ether oxygens (including phenoxy) is 2. The Morgan fingerprint density at radius 2 is 1.57 bits per heavy atom. The molecule has 112 valence electrons. The molecular weight excluding hydrogens is 262 g/mol. The third-order valence-electron chi connectivity index (χ3n) is 3.48. The Bertz CT molecular complexity index is 581. The number of hydrogen-bond donors (Lipinski definition) is 1. The molecule has 2 N–H and O–H groups in total. The fraction of sp³-hybridized carbons (Fsp3) is 0.333. The Kier molecular flexibility index (Phi) is 5.50. The quantitative estimate of drug-likeness (QED) is 0.618. The van der Waals surface area contributed by atoms with Crippen molar-refractivity contribution >= 4 is 5.69 Å². The lowest BCUT2D eigenvalue weighted by molar-refractivity contribution is 0.245. The maximum absolute atomic E-state index is 5.85. The molecule has 3 heteroatoms. The first kappa shape index (κ1) is 15.2. The minimum atomic E-state index is 0.624. The minimum Gasteiger partial charge on any atom is -0.493 e. The van der Waals surface area contributed by atoms with Crippen molar-refractivity contribution in [2.75, 3.05) is 18.9 Å². The van der Waals surface area contributed by atoms with E-state index in [-0.39, 0.29) is 0 Å². The molecule has 0 aliphatic carbocycles. The van der Waals surface area contributed by atoms with E-state index in [1.165, 1.54) is 5.56 Å². The molecule has 0 unspecified atom stereocenters. The van der Waals surface area contributed by atoms with E-state index >= 15 is 0 Å². The molecule has 21 heavy (non-hydrogen) atoms. The number of rotatable bonds is 7. The van der Waals surface area contributed by atoms with Crippen LogP contribution in [0.2, 0.25) is 0 Å². The van der Waals surface area contributed by atoms with E-state index in [2.05, 4.69) is 13.0 Å². The predicted molar refractivity (Wildman–Crippen MR) is 87.0 cm³/mol. The molecule has 0 saturated carbocycles. The van der Waals surface area contributed by atoms with E-state index in [0.717, 1.165) is 35.6 Å². The monoisotopic (exact) mass is 285 g/mol. The Morgan fingerprint density at radius 3 is 2.33 bits per heavy atom. The van der Waals surface area contributed by atoms with E-state index in [1.54, 1.807) is 0 Å². The number of para-hydroxylation sites is 1. The molecule has 0 amide bonds. The molecule has 2 aromatic rings. The molecule has 0 heterocycles. The molecule has 0 aromatic heterocycles. The summed E-state index contributed by atoms with van der Waals surface area (Å²) in [4.78, 5) is 0. The zero-order chi connectivity index (χ0) is 15.1. The topological polar surface area (TPSA) is 44.5 Å². The molecular formula is C18H23NO2. The van der Waals surface area contributed by atoms with Gasteiger partial charge in [-0.05, 0) is 37.1 Å². The molecule has 0 radical (unpaired) electrons. The largest absolute Gasteiger partial charge is 0.493 e. The second-order valence-corrected chi connectivity index (χ2v) is 4.98. The van der Waals surface area contributed by atoms with Crippen LogP contribution in [0.4, 0.5) is 5.69 Å². The summed E-state index contributed by atoms with van der Waals surface area (Å²) >= 11 is 0. The van der Waals surface area contributed by atoms with Crippen LogP contribution < -0.4 is 15.2 Å². The molecule has 0 atom stereocenters. The molecule has 2 aromatic carbocycles. The average molecular weight is 285 g/mol. The van der Waals surface area contributed by atoms with Crippen molar-refractivity contribution in [2.24, 2.45) is 0 Å². The molecule has 0 bridgehead atoms. The third kappa shape index (κ3) is 4.15.